The number of imide groups is 1. The molecule has 0 saturated heterocycles. The Hall–Kier alpha value is -2.54. The normalized spacial score (nSPS) is 13.5. The Kier molecular flexibility index (Phi) is 3.06. The van der Waals surface area contributed by atoms with Crippen LogP contribution in [0, 0.1) is 0 Å². The topological polar surface area (TPSA) is 87.6 Å². The first-order chi connectivity index (χ1) is 10.0. The number of carbonyl (C=O) groups is 3. The number of anilines is 1. The minimum Gasteiger partial charge on any atom is -0.478 e. The van der Waals surface area contributed by atoms with Gasteiger partial charge in [-0.2, -0.15) is 0 Å². The Morgan fingerprint density at radius 2 is 1.95 bits per heavy atom. The zero-order valence-electron chi connectivity index (χ0n) is 10.4. The molecule has 0 radical (unpaired) electrons. The lowest BCUT2D eigenvalue weighted by molar-refractivity contribution is 0.0698. The molecule has 21 heavy (non-hydrogen) atoms. The molecule has 0 spiro atoms. The molecule has 0 aliphatic carbocycles. The van der Waals surface area contributed by atoms with Crippen molar-refractivity contribution in [3.8, 4) is 0 Å². The molecule has 0 saturated carbocycles. The first-order valence-electron chi connectivity index (χ1n) is 5.87. The van der Waals surface area contributed by atoms with Gasteiger partial charge >= 0.3 is 5.97 Å². The van der Waals surface area contributed by atoms with Crippen molar-refractivity contribution in [3.05, 3.63) is 57.8 Å². The zero-order valence-corrected chi connectivity index (χ0v) is 12.0. The number of pyridine rings is 1. The second-order valence-corrected chi connectivity index (χ2v) is 5.23. The Bertz CT molecular complexity index is 768. The first-order valence-corrected chi connectivity index (χ1v) is 6.66. The van der Waals surface area contributed by atoms with Gasteiger partial charge in [0.2, 0.25) is 0 Å². The molecule has 7 heteroatoms. The standard InChI is InChI=1S/C14H7BrN2O4/c15-7-3-4-10(9(6-7)14(20)21)17-12(18)8-2-1-5-16-11(8)13(17)19/h1-6H,(H,20,21). The van der Waals surface area contributed by atoms with Crippen LogP contribution in [0.3, 0.4) is 0 Å². The number of halogens is 1. The lowest BCUT2D eigenvalue weighted by Crippen LogP contribution is -2.31. The van der Waals surface area contributed by atoms with E-state index in [9.17, 15) is 19.5 Å². The quantitative estimate of drug-likeness (QED) is 0.843. The summed E-state index contributed by atoms with van der Waals surface area (Å²) < 4.78 is 0.540. The summed E-state index contributed by atoms with van der Waals surface area (Å²) in [7, 11) is 0. The average molecular weight is 347 g/mol. The minimum absolute atomic E-state index is 0.0266. The molecule has 1 aliphatic heterocycles. The van der Waals surface area contributed by atoms with Gasteiger partial charge in [-0.1, -0.05) is 15.9 Å². The minimum atomic E-state index is -1.23. The molecule has 2 heterocycles. The first kappa shape index (κ1) is 13.4. The Morgan fingerprint density at radius 3 is 2.62 bits per heavy atom. The van der Waals surface area contributed by atoms with Crippen LogP contribution in [-0.2, 0) is 0 Å². The van der Waals surface area contributed by atoms with Crippen molar-refractivity contribution < 1.29 is 19.5 Å². The fourth-order valence-corrected chi connectivity index (χ4v) is 2.52. The van der Waals surface area contributed by atoms with Crippen LogP contribution in [0.2, 0.25) is 0 Å². The van der Waals surface area contributed by atoms with E-state index in [0.29, 0.717) is 4.47 Å². The highest BCUT2D eigenvalue weighted by Crippen LogP contribution is 2.31. The van der Waals surface area contributed by atoms with E-state index in [1.165, 1.54) is 24.4 Å². The number of hydrogen-bond acceptors (Lipinski definition) is 4. The molecule has 2 aromatic rings. The van der Waals surface area contributed by atoms with Gasteiger partial charge in [-0.05, 0) is 30.3 Å². The number of aromatic carboxylic acids is 1. The van der Waals surface area contributed by atoms with E-state index in [1.54, 1.807) is 12.1 Å². The summed E-state index contributed by atoms with van der Waals surface area (Å²) in [5.74, 6) is -2.43. The molecular formula is C14H7BrN2O4. The molecule has 104 valence electrons. The van der Waals surface area contributed by atoms with E-state index in [-0.39, 0.29) is 22.5 Å². The zero-order chi connectivity index (χ0) is 15.1. The van der Waals surface area contributed by atoms with E-state index in [1.807, 2.05) is 0 Å². The third-order valence-corrected chi connectivity index (χ3v) is 3.57. The summed E-state index contributed by atoms with van der Waals surface area (Å²) in [6.07, 6.45) is 1.41. The Balaban J connectivity index is 2.18. The molecule has 1 aromatic heterocycles. The molecule has 1 N–H and O–H groups in total. The number of carboxylic acid groups (broad SMARTS) is 1. The summed E-state index contributed by atoms with van der Waals surface area (Å²) in [5.41, 5.74) is 0.0843. The molecule has 2 amide bonds. The summed E-state index contributed by atoms with van der Waals surface area (Å²) in [6.45, 7) is 0. The number of carbonyl (C=O) groups excluding carboxylic acids is 2. The van der Waals surface area contributed by atoms with Gasteiger partial charge in [0.25, 0.3) is 11.8 Å². The number of fused-ring (bicyclic) bond motifs is 1. The SMILES string of the molecule is O=C(O)c1cc(Br)ccc1N1C(=O)c2cccnc2C1=O. The van der Waals surface area contributed by atoms with E-state index in [0.717, 1.165) is 4.90 Å². The number of benzene rings is 1. The van der Waals surface area contributed by atoms with E-state index in [4.69, 9.17) is 0 Å². The second kappa shape index (κ2) is 4.78. The van der Waals surface area contributed by atoms with Crippen molar-refractivity contribution in [2.24, 2.45) is 0 Å². The van der Waals surface area contributed by atoms with Crippen LogP contribution < -0.4 is 4.90 Å². The average Bonchev–Trinajstić information content (AvgIpc) is 2.72. The predicted octanol–water partition coefficient (Wildman–Crippen LogP) is 2.34. The van der Waals surface area contributed by atoms with Gasteiger partial charge in [-0.3, -0.25) is 14.6 Å². The third kappa shape index (κ3) is 2.02. The Morgan fingerprint density at radius 1 is 1.19 bits per heavy atom. The Labute approximate surface area is 127 Å². The molecule has 1 aliphatic rings. The van der Waals surface area contributed by atoms with Crippen molar-refractivity contribution in [1.82, 2.24) is 4.98 Å². The number of amides is 2. The molecule has 0 atom stereocenters. The van der Waals surface area contributed by atoms with Gasteiger partial charge in [0.15, 0.2) is 0 Å². The van der Waals surface area contributed by atoms with Crippen molar-refractivity contribution in [2.75, 3.05) is 4.90 Å². The maximum Gasteiger partial charge on any atom is 0.337 e. The predicted molar refractivity (Wildman–Crippen MR) is 76.5 cm³/mol. The van der Waals surface area contributed by atoms with E-state index >= 15 is 0 Å². The molecule has 0 fully saturated rings. The lowest BCUT2D eigenvalue weighted by atomic mass is 10.1. The number of aromatic nitrogens is 1. The molecule has 0 unspecified atom stereocenters. The van der Waals surface area contributed by atoms with Gasteiger partial charge in [0.1, 0.15) is 5.69 Å². The van der Waals surface area contributed by atoms with Crippen LogP contribution in [0.5, 0.6) is 0 Å². The highest BCUT2D eigenvalue weighted by molar-refractivity contribution is 9.10. The van der Waals surface area contributed by atoms with Gasteiger partial charge < -0.3 is 5.11 Å². The van der Waals surface area contributed by atoms with Crippen LogP contribution in [0.25, 0.3) is 0 Å². The van der Waals surface area contributed by atoms with Gasteiger partial charge in [-0.15, -0.1) is 0 Å². The monoisotopic (exact) mass is 346 g/mol. The van der Waals surface area contributed by atoms with Crippen LogP contribution >= 0.6 is 15.9 Å². The highest BCUT2D eigenvalue weighted by Gasteiger charge is 2.39. The highest BCUT2D eigenvalue weighted by atomic mass is 79.9. The van der Waals surface area contributed by atoms with E-state index in [2.05, 4.69) is 20.9 Å². The summed E-state index contributed by atoms with van der Waals surface area (Å²) >= 11 is 3.17. The summed E-state index contributed by atoms with van der Waals surface area (Å²) in [6, 6.07) is 7.36. The maximum absolute atomic E-state index is 12.3. The van der Waals surface area contributed by atoms with Crippen molar-refractivity contribution >= 4 is 39.4 Å². The van der Waals surface area contributed by atoms with Gasteiger partial charge in [0, 0.05) is 10.7 Å². The van der Waals surface area contributed by atoms with Crippen molar-refractivity contribution in [2.45, 2.75) is 0 Å². The maximum atomic E-state index is 12.3. The third-order valence-electron chi connectivity index (χ3n) is 3.08. The van der Waals surface area contributed by atoms with Crippen LogP contribution in [0.4, 0.5) is 5.69 Å². The summed E-state index contributed by atoms with van der Waals surface area (Å²) in [4.78, 5) is 40.7. The fraction of sp³-hybridized carbons (Fsp3) is 0. The van der Waals surface area contributed by atoms with E-state index < -0.39 is 17.8 Å². The molecular weight excluding hydrogens is 340 g/mol. The van der Waals surface area contributed by atoms with Crippen molar-refractivity contribution in [1.29, 1.82) is 0 Å². The van der Waals surface area contributed by atoms with Crippen LogP contribution in [0.15, 0.2) is 41.0 Å². The van der Waals surface area contributed by atoms with Gasteiger partial charge in [-0.25, -0.2) is 9.69 Å². The van der Waals surface area contributed by atoms with Crippen LogP contribution in [-0.4, -0.2) is 27.9 Å². The van der Waals surface area contributed by atoms with Crippen LogP contribution in [0.1, 0.15) is 31.2 Å². The fourth-order valence-electron chi connectivity index (χ4n) is 2.16. The van der Waals surface area contributed by atoms with Gasteiger partial charge in [0.05, 0.1) is 16.8 Å². The molecule has 1 aromatic carbocycles. The molecule has 3 rings (SSSR count). The number of carboxylic acids is 1. The van der Waals surface area contributed by atoms with Crippen molar-refractivity contribution in [3.63, 3.8) is 0 Å². The smallest absolute Gasteiger partial charge is 0.337 e. The largest absolute Gasteiger partial charge is 0.478 e. The molecule has 0 bridgehead atoms. The molecule has 6 nitrogen and oxygen atoms in total. The second-order valence-electron chi connectivity index (χ2n) is 4.31. The number of nitrogens with zero attached hydrogens (tertiary/aromatic N) is 2. The number of hydrogen-bond donors (Lipinski definition) is 1. The summed E-state index contributed by atoms with van der Waals surface area (Å²) in [5, 5.41) is 9.25. The lowest BCUT2D eigenvalue weighted by Gasteiger charge is -2.16. The number of rotatable bonds is 2.